The van der Waals surface area contributed by atoms with E-state index in [4.69, 9.17) is 9.84 Å². The molecule has 0 bridgehead atoms. The van der Waals surface area contributed by atoms with Crippen molar-refractivity contribution in [3.8, 4) is 5.88 Å². The van der Waals surface area contributed by atoms with Crippen LogP contribution >= 0.6 is 0 Å². The van der Waals surface area contributed by atoms with E-state index in [1.165, 1.54) is 0 Å². The summed E-state index contributed by atoms with van der Waals surface area (Å²) in [4.78, 5) is 6.69. The Labute approximate surface area is 116 Å². The Morgan fingerprint density at radius 3 is 2.37 bits per heavy atom. The van der Waals surface area contributed by atoms with Gasteiger partial charge < -0.3 is 9.84 Å². The summed E-state index contributed by atoms with van der Waals surface area (Å²) in [5.41, 5.74) is 1.71. The number of aliphatic hydroxyl groups is 1. The van der Waals surface area contributed by atoms with Crippen molar-refractivity contribution in [2.24, 2.45) is 0 Å². The Kier molecular flexibility index (Phi) is 6.25. The van der Waals surface area contributed by atoms with Gasteiger partial charge in [-0.25, -0.2) is 4.98 Å². The number of aliphatic hydroxyl groups excluding tert-OH is 1. The molecular formula is C15H26N2O2. The van der Waals surface area contributed by atoms with E-state index in [0.29, 0.717) is 24.6 Å². The summed E-state index contributed by atoms with van der Waals surface area (Å²) in [6, 6.07) is 4.66. The van der Waals surface area contributed by atoms with Gasteiger partial charge in [0.05, 0.1) is 6.61 Å². The Bertz CT molecular complexity index is 384. The van der Waals surface area contributed by atoms with Crippen LogP contribution in [0.3, 0.4) is 0 Å². The van der Waals surface area contributed by atoms with Gasteiger partial charge in [-0.3, -0.25) is 4.90 Å². The second-order valence-electron chi connectivity index (χ2n) is 5.39. The maximum absolute atomic E-state index is 9.15. The third-order valence-corrected chi connectivity index (χ3v) is 3.10. The summed E-state index contributed by atoms with van der Waals surface area (Å²) in [5, 5.41) is 9.15. The fourth-order valence-electron chi connectivity index (χ4n) is 2.24. The molecule has 0 amide bonds. The lowest BCUT2D eigenvalue weighted by atomic mass is 10.2. The summed E-state index contributed by atoms with van der Waals surface area (Å²) < 4.78 is 5.70. The Morgan fingerprint density at radius 1 is 1.21 bits per heavy atom. The largest absolute Gasteiger partial charge is 0.476 e. The Morgan fingerprint density at radius 2 is 1.84 bits per heavy atom. The van der Waals surface area contributed by atoms with Gasteiger partial charge in [0, 0.05) is 30.4 Å². The number of pyridine rings is 1. The number of ether oxygens (including phenoxy) is 1. The van der Waals surface area contributed by atoms with E-state index in [0.717, 1.165) is 17.8 Å². The van der Waals surface area contributed by atoms with E-state index >= 15 is 0 Å². The molecule has 0 spiro atoms. The molecule has 0 aliphatic heterocycles. The molecule has 19 heavy (non-hydrogen) atoms. The molecule has 1 N–H and O–H groups in total. The molecular weight excluding hydrogens is 240 g/mol. The van der Waals surface area contributed by atoms with Crippen molar-refractivity contribution >= 4 is 0 Å². The minimum atomic E-state index is 0.0177. The molecule has 108 valence electrons. The second kappa shape index (κ2) is 7.46. The molecule has 0 unspecified atom stereocenters. The van der Waals surface area contributed by atoms with Crippen LogP contribution in [0.5, 0.6) is 5.88 Å². The molecule has 0 aromatic carbocycles. The average molecular weight is 266 g/mol. The highest BCUT2D eigenvalue weighted by Crippen LogP contribution is 2.13. The quantitative estimate of drug-likeness (QED) is 0.823. The van der Waals surface area contributed by atoms with Crippen molar-refractivity contribution < 1.29 is 9.84 Å². The second-order valence-corrected chi connectivity index (χ2v) is 5.39. The summed E-state index contributed by atoms with van der Waals surface area (Å²) in [6.45, 7) is 12.2. The van der Waals surface area contributed by atoms with E-state index < -0.39 is 0 Å². The van der Waals surface area contributed by atoms with Gasteiger partial charge in [-0.2, -0.15) is 0 Å². The van der Waals surface area contributed by atoms with Crippen LogP contribution in [-0.2, 0) is 6.61 Å². The molecule has 1 aromatic rings. The lowest BCUT2D eigenvalue weighted by Crippen LogP contribution is -2.39. The zero-order chi connectivity index (χ0) is 14.4. The van der Waals surface area contributed by atoms with Gasteiger partial charge in [0.2, 0.25) is 5.88 Å². The van der Waals surface area contributed by atoms with Crippen molar-refractivity contribution in [2.45, 2.75) is 53.3 Å². The van der Waals surface area contributed by atoms with Gasteiger partial charge in [-0.15, -0.1) is 0 Å². The van der Waals surface area contributed by atoms with Crippen molar-refractivity contribution in [3.63, 3.8) is 0 Å². The molecule has 0 aliphatic rings. The highest BCUT2D eigenvalue weighted by Gasteiger charge is 2.13. The van der Waals surface area contributed by atoms with Gasteiger partial charge >= 0.3 is 0 Å². The summed E-state index contributed by atoms with van der Waals surface area (Å²) in [7, 11) is 0. The highest BCUT2D eigenvalue weighted by atomic mass is 16.5. The third-order valence-electron chi connectivity index (χ3n) is 3.10. The van der Waals surface area contributed by atoms with Crippen LogP contribution in [0.4, 0.5) is 0 Å². The molecule has 1 rings (SSSR count). The maximum atomic E-state index is 9.15. The molecule has 0 aliphatic carbocycles. The van der Waals surface area contributed by atoms with Gasteiger partial charge in [0.15, 0.2) is 0 Å². The van der Waals surface area contributed by atoms with Crippen molar-refractivity contribution in [2.75, 3.05) is 13.2 Å². The van der Waals surface area contributed by atoms with Crippen LogP contribution in [0.1, 0.15) is 39.0 Å². The first-order valence-corrected chi connectivity index (χ1v) is 6.91. The fourth-order valence-corrected chi connectivity index (χ4v) is 2.24. The van der Waals surface area contributed by atoms with Gasteiger partial charge in [0.25, 0.3) is 0 Å². The molecule has 0 atom stereocenters. The molecule has 1 aromatic heterocycles. The zero-order valence-electron chi connectivity index (χ0n) is 12.7. The normalized spacial score (nSPS) is 11.6. The highest BCUT2D eigenvalue weighted by molar-refractivity contribution is 5.23. The maximum Gasteiger partial charge on any atom is 0.213 e. The monoisotopic (exact) mass is 266 g/mol. The number of nitrogens with zero attached hydrogens (tertiary/aromatic N) is 2. The van der Waals surface area contributed by atoms with Crippen LogP contribution in [0, 0.1) is 6.92 Å². The first kappa shape index (κ1) is 15.9. The average Bonchev–Trinajstić information content (AvgIpc) is 2.32. The van der Waals surface area contributed by atoms with Gasteiger partial charge in [-0.1, -0.05) is 0 Å². The SMILES string of the molecule is Cc1cc(CO)cc(OCCN(C(C)C)C(C)C)n1. The third kappa shape index (κ3) is 5.17. The molecule has 4 nitrogen and oxygen atoms in total. The van der Waals surface area contributed by atoms with Crippen molar-refractivity contribution in [3.05, 3.63) is 23.4 Å². The first-order chi connectivity index (χ1) is 8.93. The predicted molar refractivity (Wildman–Crippen MR) is 77.4 cm³/mol. The van der Waals surface area contributed by atoms with Crippen LogP contribution in [0.15, 0.2) is 12.1 Å². The molecule has 0 radical (unpaired) electrons. The summed E-state index contributed by atoms with van der Waals surface area (Å²) in [5.74, 6) is 0.594. The first-order valence-electron chi connectivity index (χ1n) is 6.91. The Balaban J connectivity index is 2.55. The Hall–Kier alpha value is -1.13. The summed E-state index contributed by atoms with van der Waals surface area (Å²) >= 11 is 0. The van der Waals surface area contributed by atoms with E-state index in [1.807, 2.05) is 13.0 Å². The van der Waals surface area contributed by atoms with E-state index in [2.05, 4.69) is 37.6 Å². The molecule has 0 fully saturated rings. The lowest BCUT2D eigenvalue weighted by Gasteiger charge is -2.30. The number of hydrogen-bond acceptors (Lipinski definition) is 4. The zero-order valence-corrected chi connectivity index (χ0v) is 12.7. The molecule has 4 heteroatoms. The topological polar surface area (TPSA) is 45.6 Å². The van der Waals surface area contributed by atoms with Gasteiger partial charge in [0.1, 0.15) is 6.61 Å². The minimum absolute atomic E-state index is 0.0177. The lowest BCUT2D eigenvalue weighted by molar-refractivity contribution is 0.140. The van der Waals surface area contributed by atoms with Crippen LogP contribution in [0.25, 0.3) is 0 Å². The molecule has 0 saturated heterocycles. The van der Waals surface area contributed by atoms with Gasteiger partial charge in [-0.05, 0) is 46.2 Å². The standard InChI is InChI=1S/C15H26N2O2/c1-11(2)17(12(3)4)6-7-19-15-9-14(10-18)8-13(5)16-15/h8-9,11-12,18H,6-7,10H2,1-5H3. The fraction of sp³-hybridized carbons (Fsp3) is 0.667. The van der Waals surface area contributed by atoms with Crippen molar-refractivity contribution in [1.29, 1.82) is 0 Å². The van der Waals surface area contributed by atoms with Crippen LogP contribution in [-0.4, -0.2) is 40.2 Å². The minimum Gasteiger partial charge on any atom is -0.476 e. The van der Waals surface area contributed by atoms with E-state index in [9.17, 15) is 0 Å². The molecule has 0 saturated carbocycles. The van der Waals surface area contributed by atoms with Crippen LogP contribution in [0.2, 0.25) is 0 Å². The van der Waals surface area contributed by atoms with E-state index in [1.54, 1.807) is 6.07 Å². The number of rotatable bonds is 7. The predicted octanol–water partition coefficient (Wildman–Crippen LogP) is 2.38. The smallest absolute Gasteiger partial charge is 0.213 e. The number of hydrogen-bond donors (Lipinski definition) is 1. The van der Waals surface area contributed by atoms with E-state index in [-0.39, 0.29) is 6.61 Å². The van der Waals surface area contributed by atoms with Crippen molar-refractivity contribution in [1.82, 2.24) is 9.88 Å². The number of aromatic nitrogens is 1. The molecule has 1 heterocycles. The number of aryl methyl sites for hydroxylation is 1. The summed E-state index contributed by atoms with van der Waals surface area (Å²) in [6.07, 6.45) is 0. The van der Waals surface area contributed by atoms with Crippen LogP contribution < -0.4 is 4.74 Å².